The Hall–Kier alpha value is -0.520. The molecule has 0 heteroatoms. The van der Waals surface area contributed by atoms with Crippen LogP contribution in [0.3, 0.4) is 0 Å². The van der Waals surface area contributed by atoms with Crippen molar-refractivity contribution in [3.63, 3.8) is 0 Å². The lowest BCUT2D eigenvalue weighted by atomic mass is 10.0. The van der Waals surface area contributed by atoms with Crippen LogP contribution in [0.2, 0.25) is 0 Å². The van der Waals surface area contributed by atoms with Gasteiger partial charge in [0.1, 0.15) is 0 Å². The molecule has 1 aliphatic rings. The maximum absolute atomic E-state index is 2.34. The van der Waals surface area contributed by atoms with Crippen molar-refractivity contribution in [3.8, 4) is 0 Å². The van der Waals surface area contributed by atoms with E-state index in [9.17, 15) is 0 Å². The van der Waals surface area contributed by atoms with Gasteiger partial charge in [0.25, 0.3) is 0 Å². The molecular weight excluding hydrogens is 120 g/mol. The number of hydrogen-bond donors (Lipinski definition) is 0. The molecule has 0 spiro atoms. The fourth-order valence-corrected chi connectivity index (χ4v) is 1.40. The average molecular weight is 136 g/mol. The van der Waals surface area contributed by atoms with Gasteiger partial charge in [-0.15, -0.1) is 0 Å². The van der Waals surface area contributed by atoms with Crippen molar-refractivity contribution < 1.29 is 0 Å². The van der Waals surface area contributed by atoms with E-state index in [1.807, 2.05) is 0 Å². The molecule has 0 saturated heterocycles. The highest BCUT2D eigenvalue weighted by Gasteiger charge is 2.22. The number of rotatable bonds is 2. The van der Waals surface area contributed by atoms with E-state index in [2.05, 4.69) is 39.8 Å². The van der Waals surface area contributed by atoms with Crippen molar-refractivity contribution >= 4 is 0 Å². The topological polar surface area (TPSA) is 0 Å². The van der Waals surface area contributed by atoms with Crippen molar-refractivity contribution in [1.29, 1.82) is 0 Å². The standard InChI is InChI=1S/C10H16/c1-7(2)5-8(3)10-6-9(10)4/h5-6,8-9H,1-4H3. The molecule has 2 unspecified atom stereocenters. The van der Waals surface area contributed by atoms with Crippen LogP contribution in [0.4, 0.5) is 0 Å². The van der Waals surface area contributed by atoms with Crippen molar-refractivity contribution in [2.75, 3.05) is 0 Å². The van der Waals surface area contributed by atoms with Gasteiger partial charge < -0.3 is 0 Å². The highest BCUT2D eigenvalue weighted by molar-refractivity contribution is 5.33. The molecule has 2 atom stereocenters. The molecule has 0 aromatic heterocycles. The zero-order valence-corrected chi connectivity index (χ0v) is 7.31. The molecule has 0 heterocycles. The number of hydrogen-bond acceptors (Lipinski definition) is 0. The molecule has 0 aromatic rings. The first-order valence-corrected chi connectivity index (χ1v) is 3.98. The van der Waals surface area contributed by atoms with Crippen LogP contribution in [0.5, 0.6) is 0 Å². The second-order valence-electron chi connectivity index (χ2n) is 3.49. The van der Waals surface area contributed by atoms with E-state index >= 15 is 0 Å². The lowest BCUT2D eigenvalue weighted by molar-refractivity contribution is 0.819. The van der Waals surface area contributed by atoms with Crippen LogP contribution >= 0.6 is 0 Å². The van der Waals surface area contributed by atoms with Crippen LogP contribution in [0.25, 0.3) is 0 Å². The molecule has 0 N–H and O–H groups in total. The SMILES string of the molecule is CC(C)=CC(C)C1=CC1C. The zero-order valence-electron chi connectivity index (χ0n) is 7.31. The van der Waals surface area contributed by atoms with Gasteiger partial charge in [0.05, 0.1) is 0 Å². The molecule has 0 fully saturated rings. The Morgan fingerprint density at radius 2 is 2.10 bits per heavy atom. The molecule has 1 aliphatic carbocycles. The van der Waals surface area contributed by atoms with E-state index in [0.29, 0.717) is 5.92 Å². The Balaban J connectivity index is 2.44. The van der Waals surface area contributed by atoms with Gasteiger partial charge in [-0.2, -0.15) is 0 Å². The van der Waals surface area contributed by atoms with E-state index in [4.69, 9.17) is 0 Å². The Morgan fingerprint density at radius 3 is 2.40 bits per heavy atom. The van der Waals surface area contributed by atoms with Crippen LogP contribution < -0.4 is 0 Å². The predicted octanol–water partition coefficient (Wildman–Crippen LogP) is 3.16. The van der Waals surface area contributed by atoms with Gasteiger partial charge in [-0.1, -0.05) is 37.1 Å². The van der Waals surface area contributed by atoms with Crippen LogP contribution in [0, 0.1) is 11.8 Å². The molecule has 0 aromatic carbocycles. The van der Waals surface area contributed by atoms with Gasteiger partial charge in [0.15, 0.2) is 0 Å². The van der Waals surface area contributed by atoms with Crippen LogP contribution in [0.1, 0.15) is 27.7 Å². The summed E-state index contributed by atoms with van der Waals surface area (Å²) in [6.45, 7) is 8.83. The minimum Gasteiger partial charge on any atom is -0.0798 e. The summed E-state index contributed by atoms with van der Waals surface area (Å²) < 4.78 is 0. The molecular formula is C10H16. The van der Waals surface area contributed by atoms with Gasteiger partial charge in [-0.05, 0) is 25.7 Å². The van der Waals surface area contributed by atoms with E-state index in [1.165, 1.54) is 5.57 Å². The fraction of sp³-hybridized carbons (Fsp3) is 0.600. The Kier molecular flexibility index (Phi) is 1.98. The summed E-state index contributed by atoms with van der Waals surface area (Å²) in [5.41, 5.74) is 3.04. The second kappa shape index (κ2) is 2.61. The van der Waals surface area contributed by atoms with Crippen LogP contribution in [-0.4, -0.2) is 0 Å². The summed E-state index contributed by atoms with van der Waals surface area (Å²) in [4.78, 5) is 0. The van der Waals surface area contributed by atoms with E-state index in [0.717, 1.165) is 5.92 Å². The van der Waals surface area contributed by atoms with Crippen LogP contribution in [-0.2, 0) is 0 Å². The Labute approximate surface area is 63.6 Å². The highest BCUT2D eigenvalue weighted by atomic mass is 14.3. The van der Waals surface area contributed by atoms with Gasteiger partial charge in [0, 0.05) is 0 Å². The van der Waals surface area contributed by atoms with E-state index in [-0.39, 0.29) is 0 Å². The third kappa shape index (κ3) is 1.73. The summed E-state index contributed by atoms with van der Waals surface area (Å²) in [5, 5.41) is 0. The molecule has 0 aliphatic heterocycles. The minimum atomic E-state index is 0.681. The van der Waals surface area contributed by atoms with Crippen molar-refractivity contribution in [1.82, 2.24) is 0 Å². The van der Waals surface area contributed by atoms with Crippen molar-refractivity contribution in [2.24, 2.45) is 11.8 Å². The fourth-order valence-electron chi connectivity index (χ4n) is 1.40. The van der Waals surface area contributed by atoms with Crippen molar-refractivity contribution in [2.45, 2.75) is 27.7 Å². The summed E-state index contributed by atoms with van der Waals surface area (Å²) in [7, 11) is 0. The molecule has 0 amide bonds. The van der Waals surface area contributed by atoms with Crippen molar-refractivity contribution in [3.05, 3.63) is 23.3 Å². The largest absolute Gasteiger partial charge is 0.0798 e. The average Bonchev–Trinajstić information content (AvgIpc) is 2.44. The first-order chi connectivity index (χ1) is 4.61. The third-order valence-corrected chi connectivity index (χ3v) is 1.97. The Bertz CT molecular complexity index is 180. The summed E-state index contributed by atoms with van der Waals surface area (Å²) >= 11 is 0. The van der Waals surface area contributed by atoms with Gasteiger partial charge in [-0.3, -0.25) is 0 Å². The molecule has 0 radical (unpaired) electrons. The normalized spacial score (nSPS) is 25.2. The quantitative estimate of drug-likeness (QED) is 0.511. The molecule has 10 heavy (non-hydrogen) atoms. The van der Waals surface area contributed by atoms with Gasteiger partial charge in [-0.25, -0.2) is 0 Å². The molecule has 0 bridgehead atoms. The molecule has 0 saturated carbocycles. The van der Waals surface area contributed by atoms with Gasteiger partial charge >= 0.3 is 0 Å². The first-order valence-electron chi connectivity index (χ1n) is 3.98. The maximum atomic E-state index is 2.34. The van der Waals surface area contributed by atoms with Crippen LogP contribution in [0.15, 0.2) is 23.3 Å². The molecule has 0 nitrogen and oxygen atoms in total. The van der Waals surface area contributed by atoms with E-state index in [1.54, 1.807) is 5.57 Å². The minimum absolute atomic E-state index is 0.681. The number of allylic oxidation sites excluding steroid dienone is 4. The summed E-state index contributed by atoms with van der Waals surface area (Å²) in [6, 6.07) is 0. The van der Waals surface area contributed by atoms with E-state index < -0.39 is 0 Å². The zero-order chi connectivity index (χ0) is 7.72. The maximum Gasteiger partial charge on any atom is -0.00425 e. The monoisotopic (exact) mass is 136 g/mol. The smallest absolute Gasteiger partial charge is 0.00425 e. The highest BCUT2D eigenvalue weighted by Crippen LogP contribution is 2.35. The lowest BCUT2D eigenvalue weighted by Crippen LogP contribution is -1.88. The molecule has 56 valence electrons. The summed E-state index contributed by atoms with van der Waals surface area (Å²) in [5.74, 6) is 1.46. The third-order valence-electron chi connectivity index (χ3n) is 1.97. The Morgan fingerprint density at radius 1 is 1.60 bits per heavy atom. The predicted molar refractivity (Wildman–Crippen MR) is 45.8 cm³/mol. The second-order valence-corrected chi connectivity index (χ2v) is 3.49. The first kappa shape index (κ1) is 7.59. The lowest BCUT2D eigenvalue weighted by Gasteiger charge is -2.01. The van der Waals surface area contributed by atoms with Gasteiger partial charge in [0.2, 0.25) is 0 Å². The summed E-state index contributed by atoms with van der Waals surface area (Å²) in [6.07, 6.45) is 4.67. The molecule has 1 rings (SSSR count).